The van der Waals surface area contributed by atoms with Gasteiger partial charge in [0, 0.05) is 12.3 Å². The van der Waals surface area contributed by atoms with Gasteiger partial charge in [0.05, 0.1) is 12.0 Å². The van der Waals surface area contributed by atoms with E-state index in [1.807, 2.05) is 0 Å². The van der Waals surface area contributed by atoms with E-state index >= 15 is 0 Å². The van der Waals surface area contributed by atoms with Crippen LogP contribution < -0.4 is 0 Å². The summed E-state index contributed by atoms with van der Waals surface area (Å²) in [4.78, 5) is 14.9. The molecule has 0 fully saturated rings. The van der Waals surface area contributed by atoms with E-state index in [1.54, 1.807) is 25.3 Å². The van der Waals surface area contributed by atoms with Gasteiger partial charge in [-0.25, -0.2) is 4.98 Å². The third-order valence-corrected chi connectivity index (χ3v) is 2.43. The van der Waals surface area contributed by atoms with E-state index in [9.17, 15) is 4.79 Å². The summed E-state index contributed by atoms with van der Waals surface area (Å²) >= 11 is 5.94. The van der Waals surface area contributed by atoms with Crippen LogP contribution in [0.4, 0.5) is 0 Å². The molecule has 2 aromatic rings. The maximum absolute atomic E-state index is 10.8. The Balaban J connectivity index is 2.41. The fourth-order valence-corrected chi connectivity index (χ4v) is 1.73. The van der Waals surface area contributed by atoms with Crippen LogP contribution in [0.3, 0.4) is 0 Å². The molecule has 2 heterocycles. The van der Waals surface area contributed by atoms with E-state index in [2.05, 4.69) is 4.98 Å². The molecule has 1 atom stereocenters. The number of furan rings is 1. The molecule has 0 N–H and O–H groups in total. The summed E-state index contributed by atoms with van der Waals surface area (Å²) in [5.41, 5.74) is 1.15. The first-order valence-electron chi connectivity index (χ1n) is 4.79. The van der Waals surface area contributed by atoms with Crippen molar-refractivity contribution in [2.45, 2.75) is 20.0 Å². The molecule has 4 nitrogen and oxygen atoms in total. The molecule has 2 aromatic heterocycles. The second kappa shape index (κ2) is 4.14. The fraction of sp³-hybridized carbons (Fsp3) is 0.273. The predicted octanol–water partition coefficient (Wildman–Crippen LogP) is 3.11. The Morgan fingerprint density at radius 1 is 1.62 bits per heavy atom. The normalized spacial score (nSPS) is 12.7. The number of carbonyl (C=O) groups is 1. The summed E-state index contributed by atoms with van der Waals surface area (Å²) in [5.74, 6) is -0.349. The lowest BCUT2D eigenvalue weighted by atomic mass is 10.2. The zero-order chi connectivity index (χ0) is 11.7. The number of nitrogens with zero attached hydrogens (tertiary/aromatic N) is 1. The molecule has 0 aliphatic carbocycles. The van der Waals surface area contributed by atoms with Crippen molar-refractivity contribution in [1.82, 2.24) is 4.98 Å². The molecular weight excluding hydrogens is 230 g/mol. The van der Waals surface area contributed by atoms with Gasteiger partial charge in [-0.05, 0) is 19.1 Å². The molecule has 5 heteroatoms. The monoisotopic (exact) mass is 239 g/mol. The molecule has 0 bridgehead atoms. The zero-order valence-electron chi connectivity index (χ0n) is 8.86. The zero-order valence-corrected chi connectivity index (χ0v) is 9.62. The van der Waals surface area contributed by atoms with Crippen LogP contribution in [0.2, 0.25) is 5.15 Å². The predicted molar refractivity (Wildman–Crippen MR) is 59.2 cm³/mol. The molecule has 0 aliphatic rings. The highest BCUT2D eigenvalue weighted by molar-refractivity contribution is 6.33. The van der Waals surface area contributed by atoms with Crippen LogP contribution in [-0.4, -0.2) is 11.0 Å². The van der Waals surface area contributed by atoms with Gasteiger partial charge in [0.25, 0.3) is 0 Å². The molecule has 0 saturated heterocycles. The lowest BCUT2D eigenvalue weighted by Gasteiger charge is -2.11. The van der Waals surface area contributed by atoms with Gasteiger partial charge in [0.15, 0.2) is 10.7 Å². The van der Waals surface area contributed by atoms with E-state index in [-0.39, 0.29) is 11.1 Å². The Labute approximate surface area is 97.2 Å². The number of hydrogen-bond acceptors (Lipinski definition) is 4. The van der Waals surface area contributed by atoms with Gasteiger partial charge in [-0.15, -0.1) is 0 Å². The highest BCUT2D eigenvalue weighted by Gasteiger charge is 2.14. The Morgan fingerprint density at radius 3 is 3.06 bits per heavy atom. The number of carbonyl (C=O) groups excluding carboxylic acids is 1. The van der Waals surface area contributed by atoms with Crippen LogP contribution >= 0.6 is 11.6 Å². The molecule has 0 aliphatic heterocycles. The number of aromatic nitrogens is 1. The van der Waals surface area contributed by atoms with Crippen molar-refractivity contribution in [3.63, 3.8) is 0 Å². The minimum absolute atomic E-state index is 0.275. The molecule has 0 spiro atoms. The number of rotatable bonds is 2. The smallest absolute Gasteiger partial charge is 0.303 e. The van der Waals surface area contributed by atoms with Crippen molar-refractivity contribution >= 4 is 28.5 Å². The fourth-order valence-electron chi connectivity index (χ4n) is 1.47. The molecule has 1 unspecified atom stereocenters. The van der Waals surface area contributed by atoms with E-state index in [1.165, 1.54) is 6.92 Å². The summed E-state index contributed by atoms with van der Waals surface area (Å²) in [7, 11) is 0. The quantitative estimate of drug-likeness (QED) is 0.597. The number of pyridine rings is 1. The number of ether oxygens (including phenoxy) is 1. The van der Waals surface area contributed by atoms with Gasteiger partial charge >= 0.3 is 5.97 Å². The Kier molecular flexibility index (Phi) is 2.83. The molecule has 0 aromatic carbocycles. The van der Waals surface area contributed by atoms with Crippen LogP contribution in [0, 0.1) is 0 Å². The lowest BCUT2D eigenvalue weighted by Crippen LogP contribution is -2.06. The van der Waals surface area contributed by atoms with Gasteiger partial charge < -0.3 is 9.15 Å². The Morgan fingerprint density at radius 2 is 2.38 bits per heavy atom. The summed E-state index contributed by atoms with van der Waals surface area (Å²) in [6.07, 6.45) is 1.12. The Bertz CT molecular complexity index is 535. The summed E-state index contributed by atoms with van der Waals surface area (Å²) in [6, 6.07) is 3.57. The summed E-state index contributed by atoms with van der Waals surface area (Å²) in [5, 5.41) is 1.12. The van der Waals surface area contributed by atoms with Crippen LogP contribution in [0.25, 0.3) is 11.0 Å². The number of hydrogen-bond donors (Lipinski definition) is 0. The van der Waals surface area contributed by atoms with Crippen molar-refractivity contribution in [2.75, 3.05) is 0 Å². The van der Waals surface area contributed by atoms with Crippen molar-refractivity contribution < 1.29 is 13.9 Å². The Hall–Kier alpha value is -1.55. The third kappa shape index (κ3) is 2.02. The van der Waals surface area contributed by atoms with Crippen molar-refractivity contribution in [3.05, 3.63) is 29.2 Å². The molecule has 16 heavy (non-hydrogen) atoms. The molecule has 2 rings (SSSR count). The average Bonchev–Trinajstić information content (AvgIpc) is 2.64. The molecule has 84 valence electrons. The van der Waals surface area contributed by atoms with Crippen LogP contribution in [-0.2, 0) is 9.53 Å². The second-order valence-corrected chi connectivity index (χ2v) is 3.79. The number of esters is 1. The van der Waals surface area contributed by atoms with E-state index in [4.69, 9.17) is 20.8 Å². The van der Waals surface area contributed by atoms with Crippen LogP contribution in [0.5, 0.6) is 0 Å². The van der Waals surface area contributed by atoms with Gasteiger partial charge in [-0.3, -0.25) is 4.79 Å². The van der Waals surface area contributed by atoms with E-state index in [0.717, 1.165) is 5.39 Å². The first-order chi connectivity index (χ1) is 7.58. The first kappa shape index (κ1) is 11.0. The standard InChI is InChI=1S/C11H10ClNO3/c1-6(16-7(2)14)9-5-8-3-4-15-10(8)11(12)13-9/h3-6H,1-2H3. The van der Waals surface area contributed by atoms with Crippen molar-refractivity contribution in [3.8, 4) is 0 Å². The minimum atomic E-state index is -0.422. The van der Waals surface area contributed by atoms with Crippen LogP contribution in [0.15, 0.2) is 22.8 Å². The van der Waals surface area contributed by atoms with Gasteiger partial charge in [0.2, 0.25) is 0 Å². The molecular formula is C11H10ClNO3. The first-order valence-corrected chi connectivity index (χ1v) is 5.16. The third-order valence-electron chi connectivity index (χ3n) is 2.17. The molecule has 0 amide bonds. The topological polar surface area (TPSA) is 52.3 Å². The largest absolute Gasteiger partial charge is 0.461 e. The maximum Gasteiger partial charge on any atom is 0.303 e. The second-order valence-electron chi connectivity index (χ2n) is 3.43. The lowest BCUT2D eigenvalue weighted by molar-refractivity contribution is -0.145. The number of fused-ring (bicyclic) bond motifs is 1. The van der Waals surface area contributed by atoms with Crippen molar-refractivity contribution in [1.29, 1.82) is 0 Å². The molecule has 0 saturated carbocycles. The number of halogens is 1. The minimum Gasteiger partial charge on any atom is -0.461 e. The summed E-state index contributed by atoms with van der Waals surface area (Å²) < 4.78 is 10.2. The maximum atomic E-state index is 10.8. The van der Waals surface area contributed by atoms with Gasteiger partial charge in [0.1, 0.15) is 6.10 Å². The van der Waals surface area contributed by atoms with Crippen LogP contribution in [0.1, 0.15) is 25.6 Å². The van der Waals surface area contributed by atoms with Gasteiger partial charge in [-0.2, -0.15) is 0 Å². The average molecular weight is 240 g/mol. The highest BCUT2D eigenvalue weighted by atomic mass is 35.5. The van der Waals surface area contributed by atoms with E-state index < -0.39 is 6.10 Å². The molecule has 0 radical (unpaired) electrons. The SMILES string of the molecule is CC(=O)OC(C)c1cc2ccoc2c(Cl)n1. The highest BCUT2D eigenvalue weighted by Crippen LogP contribution is 2.26. The van der Waals surface area contributed by atoms with Crippen molar-refractivity contribution in [2.24, 2.45) is 0 Å². The summed E-state index contributed by atoms with van der Waals surface area (Å²) in [6.45, 7) is 3.10. The van der Waals surface area contributed by atoms with Gasteiger partial charge in [-0.1, -0.05) is 11.6 Å². The van der Waals surface area contributed by atoms with E-state index in [0.29, 0.717) is 11.3 Å².